The van der Waals surface area contributed by atoms with Gasteiger partial charge in [0.2, 0.25) is 5.43 Å². The Hall–Kier alpha value is -2.48. The van der Waals surface area contributed by atoms with E-state index >= 15 is 0 Å². The second-order valence-electron chi connectivity index (χ2n) is 8.18. The topological polar surface area (TPSA) is 78.7 Å². The van der Waals surface area contributed by atoms with Crippen LogP contribution in [-0.2, 0) is 0 Å². The zero-order chi connectivity index (χ0) is 20.2. The molecule has 1 aliphatic heterocycles. The zero-order valence-corrected chi connectivity index (χ0v) is 16.4. The third-order valence-corrected chi connectivity index (χ3v) is 6.13. The first-order chi connectivity index (χ1) is 13.3. The van der Waals surface area contributed by atoms with Gasteiger partial charge in [-0.05, 0) is 52.3 Å². The average Bonchev–Trinajstić information content (AvgIpc) is 3.37. The van der Waals surface area contributed by atoms with Crippen LogP contribution in [-0.4, -0.2) is 58.8 Å². The van der Waals surface area contributed by atoms with E-state index in [1.165, 1.54) is 6.20 Å². The molecule has 0 amide bonds. The summed E-state index contributed by atoms with van der Waals surface area (Å²) in [6, 6.07) is 1.65. The lowest BCUT2D eigenvalue weighted by Crippen LogP contribution is -2.34. The maximum atomic E-state index is 14.9. The zero-order valence-electron chi connectivity index (χ0n) is 16.4. The van der Waals surface area contributed by atoms with Gasteiger partial charge in [-0.1, -0.05) is 0 Å². The lowest BCUT2D eigenvalue weighted by Gasteiger charge is -2.26. The van der Waals surface area contributed by atoms with Gasteiger partial charge in [0.15, 0.2) is 11.6 Å². The van der Waals surface area contributed by atoms with E-state index in [0.717, 1.165) is 25.3 Å². The Morgan fingerprint density at radius 2 is 2.07 bits per heavy atom. The second kappa shape index (κ2) is 6.84. The standard InChI is InChI=1S/C20H25FN4O3/c1-11(23(2)3)12-6-7-24(9-12)19-16(21)8-14-17(26)15(20(27)28)10-25(13-4-5-13)18(14)22-19/h8,10-13H,4-7,9H2,1-3H3,(H,27,28)/t11-,12+/m1/s1. The molecule has 4 rings (SSSR count). The normalized spacial score (nSPS) is 20.9. The van der Waals surface area contributed by atoms with E-state index < -0.39 is 17.2 Å². The molecular formula is C20H25FN4O3. The summed E-state index contributed by atoms with van der Waals surface area (Å²) in [5.74, 6) is -1.22. The van der Waals surface area contributed by atoms with Crippen molar-refractivity contribution in [3.63, 3.8) is 0 Å². The fourth-order valence-electron chi connectivity index (χ4n) is 4.04. The van der Waals surface area contributed by atoms with Gasteiger partial charge < -0.3 is 19.5 Å². The van der Waals surface area contributed by atoms with E-state index in [2.05, 4.69) is 16.8 Å². The smallest absolute Gasteiger partial charge is 0.341 e. The number of rotatable bonds is 5. The number of aromatic carboxylic acids is 1. The van der Waals surface area contributed by atoms with Crippen molar-refractivity contribution in [2.45, 2.75) is 38.3 Å². The molecular weight excluding hydrogens is 363 g/mol. The molecule has 0 radical (unpaired) electrons. The van der Waals surface area contributed by atoms with E-state index in [9.17, 15) is 19.1 Å². The number of hydrogen-bond donors (Lipinski definition) is 1. The number of hydrogen-bond acceptors (Lipinski definition) is 5. The fourth-order valence-corrected chi connectivity index (χ4v) is 4.04. The Morgan fingerprint density at radius 3 is 2.68 bits per heavy atom. The Morgan fingerprint density at radius 1 is 1.36 bits per heavy atom. The van der Waals surface area contributed by atoms with Gasteiger partial charge in [0, 0.05) is 31.4 Å². The highest BCUT2D eigenvalue weighted by Crippen LogP contribution is 2.37. The van der Waals surface area contributed by atoms with Crippen LogP contribution in [0.5, 0.6) is 0 Å². The summed E-state index contributed by atoms with van der Waals surface area (Å²) in [5, 5.41) is 9.37. The maximum absolute atomic E-state index is 14.9. The van der Waals surface area contributed by atoms with Crippen molar-refractivity contribution in [1.29, 1.82) is 0 Å². The van der Waals surface area contributed by atoms with E-state index in [1.54, 1.807) is 4.57 Å². The monoisotopic (exact) mass is 388 g/mol. The van der Waals surface area contributed by atoms with Gasteiger partial charge in [-0.25, -0.2) is 14.2 Å². The van der Waals surface area contributed by atoms with Crippen molar-refractivity contribution in [2.75, 3.05) is 32.1 Å². The maximum Gasteiger partial charge on any atom is 0.341 e. The molecule has 0 aromatic carbocycles. The summed E-state index contributed by atoms with van der Waals surface area (Å²) >= 11 is 0. The SMILES string of the molecule is C[C@H]([C@H]1CCN(c2nc3c(cc2F)c(=O)c(C(=O)O)cn3C2CC2)C1)N(C)C. The number of pyridine rings is 2. The molecule has 3 heterocycles. The van der Waals surface area contributed by atoms with Crippen LogP contribution in [0.15, 0.2) is 17.1 Å². The minimum absolute atomic E-state index is 0.0328. The third kappa shape index (κ3) is 3.15. The molecule has 1 saturated heterocycles. The van der Waals surface area contributed by atoms with Crippen molar-refractivity contribution in [1.82, 2.24) is 14.5 Å². The fraction of sp³-hybridized carbons (Fsp3) is 0.550. The summed E-state index contributed by atoms with van der Waals surface area (Å²) in [6.07, 6.45) is 4.11. The number of nitrogens with zero attached hydrogens (tertiary/aromatic N) is 4. The molecule has 7 nitrogen and oxygen atoms in total. The molecule has 8 heteroatoms. The summed E-state index contributed by atoms with van der Waals surface area (Å²) in [5.41, 5.74) is -0.648. The van der Waals surface area contributed by atoms with Gasteiger partial charge >= 0.3 is 5.97 Å². The van der Waals surface area contributed by atoms with Crippen LogP contribution in [0.2, 0.25) is 0 Å². The van der Waals surface area contributed by atoms with Crippen LogP contribution in [0.4, 0.5) is 10.2 Å². The lowest BCUT2D eigenvalue weighted by atomic mass is 10.00. The summed E-state index contributed by atoms with van der Waals surface area (Å²) in [7, 11) is 4.08. The van der Waals surface area contributed by atoms with E-state index in [4.69, 9.17) is 0 Å². The Balaban J connectivity index is 1.78. The Labute approximate surface area is 162 Å². The first-order valence-electron chi connectivity index (χ1n) is 9.68. The number of fused-ring (bicyclic) bond motifs is 1. The summed E-state index contributed by atoms with van der Waals surface area (Å²) in [4.78, 5) is 32.6. The predicted octanol–water partition coefficient (Wildman–Crippen LogP) is 2.35. The van der Waals surface area contributed by atoms with Crippen molar-refractivity contribution in [3.05, 3.63) is 33.9 Å². The van der Waals surface area contributed by atoms with Gasteiger partial charge in [-0.3, -0.25) is 4.79 Å². The van der Waals surface area contributed by atoms with Gasteiger partial charge in [0.05, 0.1) is 5.39 Å². The number of carboxylic acids is 1. The lowest BCUT2D eigenvalue weighted by molar-refractivity contribution is 0.0695. The largest absolute Gasteiger partial charge is 0.477 e. The molecule has 2 atom stereocenters. The summed E-state index contributed by atoms with van der Waals surface area (Å²) in [6.45, 7) is 3.57. The highest BCUT2D eigenvalue weighted by atomic mass is 19.1. The molecule has 150 valence electrons. The minimum atomic E-state index is -1.30. The highest BCUT2D eigenvalue weighted by molar-refractivity contribution is 5.92. The average molecular weight is 388 g/mol. The Bertz CT molecular complexity index is 999. The van der Waals surface area contributed by atoms with E-state index in [-0.39, 0.29) is 22.8 Å². The highest BCUT2D eigenvalue weighted by Gasteiger charge is 2.32. The molecule has 1 N–H and O–H groups in total. The molecule has 1 saturated carbocycles. The molecule has 0 spiro atoms. The van der Waals surface area contributed by atoms with Crippen LogP contribution < -0.4 is 10.3 Å². The first-order valence-corrected chi connectivity index (χ1v) is 9.68. The quantitative estimate of drug-likeness (QED) is 0.847. The number of halogens is 1. The van der Waals surface area contributed by atoms with Gasteiger partial charge in [0.1, 0.15) is 11.2 Å². The molecule has 2 aromatic rings. The van der Waals surface area contributed by atoms with Gasteiger partial charge in [0.25, 0.3) is 0 Å². The molecule has 1 aliphatic carbocycles. The van der Waals surface area contributed by atoms with Gasteiger partial charge in [-0.15, -0.1) is 0 Å². The van der Waals surface area contributed by atoms with Crippen molar-refractivity contribution < 1.29 is 14.3 Å². The van der Waals surface area contributed by atoms with Crippen molar-refractivity contribution in [2.24, 2.45) is 5.92 Å². The van der Waals surface area contributed by atoms with Crippen LogP contribution >= 0.6 is 0 Å². The number of carboxylic acid groups (broad SMARTS) is 1. The van der Waals surface area contributed by atoms with Crippen LogP contribution in [0.1, 0.15) is 42.6 Å². The first kappa shape index (κ1) is 18.9. The van der Waals surface area contributed by atoms with Crippen LogP contribution in [0.25, 0.3) is 11.0 Å². The number of anilines is 1. The molecule has 0 bridgehead atoms. The summed E-state index contributed by atoms with van der Waals surface area (Å²) < 4.78 is 16.6. The molecule has 2 aliphatic rings. The third-order valence-electron chi connectivity index (χ3n) is 6.13. The van der Waals surface area contributed by atoms with Crippen LogP contribution in [0, 0.1) is 11.7 Å². The predicted molar refractivity (Wildman–Crippen MR) is 105 cm³/mol. The number of aromatic nitrogens is 2. The molecule has 0 unspecified atom stereocenters. The molecule has 2 fully saturated rings. The van der Waals surface area contributed by atoms with Crippen molar-refractivity contribution >= 4 is 22.8 Å². The number of carbonyl (C=O) groups is 1. The Kier molecular flexibility index (Phi) is 4.61. The van der Waals surface area contributed by atoms with E-state index in [1.807, 2.05) is 19.0 Å². The van der Waals surface area contributed by atoms with Gasteiger partial charge in [-0.2, -0.15) is 0 Å². The van der Waals surface area contributed by atoms with Crippen LogP contribution in [0.3, 0.4) is 0 Å². The van der Waals surface area contributed by atoms with Crippen molar-refractivity contribution in [3.8, 4) is 0 Å². The molecule has 28 heavy (non-hydrogen) atoms. The second-order valence-corrected chi connectivity index (χ2v) is 8.18. The molecule has 2 aromatic heterocycles. The minimum Gasteiger partial charge on any atom is -0.477 e. The van der Waals surface area contributed by atoms with E-state index in [0.29, 0.717) is 30.7 Å².